The van der Waals surface area contributed by atoms with Gasteiger partial charge in [0.25, 0.3) is 0 Å². The smallest absolute Gasteiger partial charge is 0.338 e. The van der Waals surface area contributed by atoms with Gasteiger partial charge in [0.15, 0.2) is 0 Å². The fraction of sp³-hybridized carbons (Fsp3) is 0.200. The minimum absolute atomic E-state index is 0.161. The molecular formula is C15H16N2O2. The van der Waals surface area contributed by atoms with Crippen molar-refractivity contribution in [2.75, 3.05) is 5.73 Å². The quantitative estimate of drug-likeness (QED) is 0.677. The number of rotatable bonds is 3. The molecule has 2 N–H and O–H groups in total. The van der Waals surface area contributed by atoms with Crippen LogP contribution in [-0.4, -0.2) is 11.0 Å². The van der Waals surface area contributed by atoms with Gasteiger partial charge in [-0.3, -0.25) is 4.98 Å². The highest BCUT2D eigenvalue weighted by molar-refractivity contribution is 5.90. The highest BCUT2D eigenvalue weighted by Gasteiger charge is 2.09. The number of nitrogen functional groups attached to an aromatic ring is 1. The van der Waals surface area contributed by atoms with Crippen LogP contribution in [-0.2, 0) is 11.3 Å². The first-order chi connectivity index (χ1) is 9.06. The Hall–Kier alpha value is -2.36. The molecular weight excluding hydrogens is 240 g/mol. The number of aromatic nitrogens is 1. The molecule has 0 radical (unpaired) electrons. The maximum absolute atomic E-state index is 11.9. The molecule has 1 heterocycles. The molecule has 98 valence electrons. The molecule has 0 saturated carbocycles. The number of nitrogens with zero attached hydrogens (tertiary/aromatic N) is 1. The Balaban J connectivity index is 2.03. The number of esters is 1. The summed E-state index contributed by atoms with van der Waals surface area (Å²) < 4.78 is 5.21. The summed E-state index contributed by atoms with van der Waals surface area (Å²) in [5.74, 6) is -0.394. The highest BCUT2D eigenvalue weighted by atomic mass is 16.5. The van der Waals surface area contributed by atoms with Crippen LogP contribution in [0.4, 0.5) is 5.69 Å². The SMILES string of the molecule is Cc1cccc(COC(=O)c2ccc(C)c(N)c2)n1. The maximum atomic E-state index is 11.9. The molecule has 0 spiro atoms. The Kier molecular flexibility index (Phi) is 3.80. The summed E-state index contributed by atoms with van der Waals surface area (Å²) in [5.41, 5.74) is 9.37. The van der Waals surface area contributed by atoms with Crippen LogP contribution in [0.15, 0.2) is 36.4 Å². The van der Waals surface area contributed by atoms with Crippen LogP contribution in [0.2, 0.25) is 0 Å². The Morgan fingerprint density at radius 3 is 2.74 bits per heavy atom. The van der Waals surface area contributed by atoms with Gasteiger partial charge >= 0.3 is 5.97 Å². The average Bonchev–Trinajstić information content (AvgIpc) is 2.39. The molecule has 0 atom stereocenters. The van der Waals surface area contributed by atoms with E-state index in [0.29, 0.717) is 11.3 Å². The van der Waals surface area contributed by atoms with E-state index in [1.807, 2.05) is 32.0 Å². The maximum Gasteiger partial charge on any atom is 0.338 e. The number of aryl methyl sites for hydroxylation is 2. The van der Waals surface area contributed by atoms with Crippen molar-refractivity contribution in [1.29, 1.82) is 0 Å². The van der Waals surface area contributed by atoms with E-state index < -0.39 is 5.97 Å². The fourth-order valence-corrected chi connectivity index (χ4v) is 1.67. The van der Waals surface area contributed by atoms with Crippen LogP contribution in [0.3, 0.4) is 0 Å². The average molecular weight is 256 g/mol. The first-order valence-corrected chi connectivity index (χ1v) is 6.02. The van der Waals surface area contributed by atoms with Gasteiger partial charge in [0.1, 0.15) is 6.61 Å². The lowest BCUT2D eigenvalue weighted by atomic mass is 10.1. The minimum Gasteiger partial charge on any atom is -0.456 e. The van der Waals surface area contributed by atoms with Crippen molar-refractivity contribution in [3.63, 3.8) is 0 Å². The summed E-state index contributed by atoms with van der Waals surface area (Å²) in [4.78, 5) is 16.1. The summed E-state index contributed by atoms with van der Waals surface area (Å²) in [6, 6.07) is 10.7. The number of benzene rings is 1. The molecule has 19 heavy (non-hydrogen) atoms. The normalized spacial score (nSPS) is 10.2. The molecule has 0 aliphatic rings. The topological polar surface area (TPSA) is 65.2 Å². The van der Waals surface area contributed by atoms with E-state index in [1.165, 1.54) is 0 Å². The molecule has 0 aliphatic carbocycles. The Labute approximate surface area is 112 Å². The van der Waals surface area contributed by atoms with Gasteiger partial charge in [0, 0.05) is 11.4 Å². The van der Waals surface area contributed by atoms with Crippen LogP contribution in [0, 0.1) is 13.8 Å². The van der Waals surface area contributed by atoms with Crippen molar-refractivity contribution in [2.45, 2.75) is 20.5 Å². The van der Waals surface area contributed by atoms with Crippen molar-refractivity contribution in [3.05, 3.63) is 58.9 Å². The first-order valence-electron chi connectivity index (χ1n) is 6.02. The summed E-state index contributed by atoms with van der Waals surface area (Å²) in [5, 5.41) is 0. The third-order valence-electron chi connectivity index (χ3n) is 2.81. The molecule has 0 unspecified atom stereocenters. The zero-order chi connectivity index (χ0) is 13.8. The number of carbonyl (C=O) groups excluding carboxylic acids is 1. The second-order valence-electron chi connectivity index (χ2n) is 4.42. The molecule has 0 aliphatic heterocycles. The van der Waals surface area contributed by atoms with Gasteiger partial charge in [0.05, 0.1) is 11.3 Å². The fourth-order valence-electron chi connectivity index (χ4n) is 1.67. The van der Waals surface area contributed by atoms with Crippen molar-refractivity contribution >= 4 is 11.7 Å². The molecule has 0 amide bonds. The predicted octanol–water partition coefficient (Wildman–Crippen LogP) is 2.64. The zero-order valence-corrected chi connectivity index (χ0v) is 11.0. The number of hydrogen-bond donors (Lipinski definition) is 1. The molecule has 0 bridgehead atoms. The van der Waals surface area contributed by atoms with Crippen LogP contribution in [0.1, 0.15) is 27.3 Å². The van der Waals surface area contributed by atoms with Gasteiger partial charge in [0.2, 0.25) is 0 Å². The van der Waals surface area contributed by atoms with Crippen molar-refractivity contribution in [2.24, 2.45) is 0 Å². The second-order valence-corrected chi connectivity index (χ2v) is 4.42. The summed E-state index contributed by atoms with van der Waals surface area (Å²) in [7, 11) is 0. The molecule has 4 nitrogen and oxygen atoms in total. The van der Waals surface area contributed by atoms with E-state index in [9.17, 15) is 4.79 Å². The lowest BCUT2D eigenvalue weighted by Crippen LogP contribution is -2.07. The van der Waals surface area contributed by atoms with Crippen molar-refractivity contribution < 1.29 is 9.53 Å². The number of nitrogens with two attached hydrogens (primary N) is 1. The molecule has 1 aromatic carbocycles. The third-order valence-corrected chi connectivity index (χ3v) is 2.81. The lowest BCUT2D eigenvalue weighted by molar-refractivity contribution is 0.0467. The van der Waals surface area contributed by atoms with Crippen molar-refractivity contribution in [1.82, 2.24) is 4.98 Å². The number of carbonyl (C=O) groups is 1. The van der Waals surface area contributed by atoms with E-state index in [4.69, 9.17) is 10.5 Å². The molecule has 2 aromatic rings. The van der Waals surface area contributed by atoms with Crippen molar-refractivity contribution in [3.8, 4) is 0 Å². The third kappa shape index (κ3) is 3.31. The molecule has 2 rings (SSSR count). The van der Waals surface area contributed by atoms with Crippen LogP contribution < -0.4 is 5.73 Å². The summed E-state index contributed by atoms with van der Waals surface area (Å²) >= 11 is 0. The van der Waals surface area contributed by atoms with E-state index in [-0.39, 0.29) is 6.61 Å². The van der Waals surface area contributed by atoms with Gasteiger partial charge in [-0.2, -0.15) is 0 Å². The monoisotopic (exact) mass is 256 g/mol. The van der Waals surface area contributed by atoms with E-state index in [1.54, 1.807) is 18.2 Å². The van der Waals surface area contributed by atoms with E-state index in [2.05, 4.69) is 4.98 Å². The number of ether oxygens (including phenoxy) is 1. The highest BCUT2D eigenvalue weighted by Crippen LogP contribution is 2.14. The second kappa shape index (κ2) is 5.52. The van der Waals surface area contributed by atoms with E-state index in [0.717, 1.165) is 17.0 Å². The minimum atomic E-state index is -0.394. The predicted molar refractivity (Wildman–Crippen MR) is 73.7 cm³/mol. The zero-order valence-electron chi connectivity index (χ0n) is 11.0. The largest absolute Gasteiger partial charge is 0.456 e. The standard InChI is InChI=1S/C15H16N2O2/c1-10-6-7-12(8-14(10)16)15(18)19-9-13-5-3-4-11(2)17-13/h3-8H,9,16H2,1-2H3. The Morgan fingerprint density at radius 2 is 2.05 bits per heavy atom. The van der Waals surface area contributed by atoms with Gasteiger partial charge in [-0.05, 0) is 43.7 Å². The van der Waals surface area contributed by atoms with Crippen LogP contribution in [0.5, 0.6) is 0 Å². The Bertz CT molecular complexity index is 609. The lowest BCUT2D eigenvalue weighted by Gasteiger charge is -2.06. The number of pyridine rings is 1. The molecule has 0 saturated heterocycles. The number of hydrogen-bond acceptors (Lipinski definition) is 4. The van der Waals surface area contributed by atoms with Gasteiger partial charge in [-0.15, -0.1) is 0 Å². The molecule has 4 heteroatoms. The first kappa shape index (κ1) is 13.1. The van der Waals surface area contributed by atoms with Gasteiger partial charge in [-0.1, -0.05) is 12.1 Å². The van der Waals surface area contributed by atoms with Gasteiger partial charge < -0.3 is 10.5 Å². The summed E-state index contributed by atoms with van der Waals surface area (Å²) in [6.07, 6.45) is 0. The van der Waals surface area contributed by atoms with Gasteiger partial charge in [-0.25, -0.2) is 4.79 Å². The van der Waals surface area contributed by atoms with E-state index >= 15 is 0 Å². The van der Waals surface area contributed by atoms with Crippen LogP contribution in [0.25, 0.3) is 0 Å². The molecule has 1 aromatic heterocycles. The number of anilines is 1. The van der Waals surface area contributed by atoms with Crippen LogP contribution >= 0.6 is 0 Å². The molecule has 0 fully saturated rings. The Morgan fingerprint density at radius 1 is 1.26 bits per heavy atom. The summed E-state index contributed by atoms with van der Waals surface area (Å²) in [6.45, 7) is 3.95.